The minimum absolute atomic E-state index is 0.178. The predicted octanol–water partition coefficient (Wildman–Crippen LogP) is 9.84. The van der Waals surface area contributed by atoms with Crippen LogP contribution in [0.2, 0.25) is 0 Å². The van der Waals surface area contributed by atoms with Crippen molar-refractivity contribution in [2.75, 3.05) is 0 Å². The first-order valence-electron chi connectivity index (χ1n) is 15.3. The van der Waals surface area contributed by atoms with E-state index in [-0.39, 0.29) is 5.92 Å². The molecular formula is C40H28N4. The van der Waals surface area contributed by atoms with Crippen molar-refractivity contribution < 1.29 is 0 Å². The molecule has 1 unspecified atom stereocenters. The number of nitriles is 1. The van der Waals surface area contributed by atoms with Crippen LogP contribution in [0, 0.1) is 11.3 Å². The Hall–Kier alpha value is -5.66. The first-order valence-corrected chi connectivity index (χ1v) is 15.3. The van der Waals surface area contributed by atoms with Crippen molar-refractivity contribution >= 4 is 43.6 Å². The third kappa shape index (κ3) is 3.24. The topological polar surface area (TPSA) is 46.5 Å². The van der Waals surface area contributed by atoms with Gasteiger partial charge in [0.05, 0.1) is 45.1 Å². The average molecular weight is 565 g/mol. The largest absolute Gasteiger partial charge is 0.309 e. The molecule has 5 aromatic carbocycles. The van der Waals surface area contributed by atoms with Crippen molar-refractivity contribution in [2.45, 2.75) is 26.2 Å². The number of nitrogens with zero attached hydrogens (tertiary/aromatic N) is 4. The van der Waals surface area contributed by atoms with Gasteiger partial charge < -0.3 is 9.13 Å². The highest BCUT2D eigenvalue weighted by Crippen LogP contribution is 2.49. The fraction of sp³-hybridized carbons (Fsp3) is 0.100. The zero-order chi connectivity index (χ0) is 29.5. The highest BCUT2D eigenvalue weighted by molar-refractivity contribution is 6.12. The molecule has 0 radical (unpaired) electrons. The number of para-hydroxylation sites is 3. The summed E-state index contributed by atoms with van der Waals surface area (Å²) >= 11 is 0. The van der Waals surface area contributed by atoms with Crippen LogP contribution in [0.25, 0.3) is 66.2 Å². The average Bonchev–Trinajstić information content (AvgIpc) is 3.60. The minimum atomic E-state index is 0.178. The summed E-state index contributed by atoms with van der Waals surface area (Å²) in [7, 11) is 0. The zero-order valence-corrected chi connectivity index (χ0v) is 24.5. The summed E-state index contributed by atoms with van der Waals surface area (Å²) in [5.41, 5.74) is 13.7. The number of hydrogen-bond acceptors (Lipinski definition) is 2. The molecule has 0 aliphatic carbocycles. The van der Waals surface area contributed by atoms with E-state index in [4.69, 9.17) is 4.98 Å². The maximum Gasteiger partial charge on any atom is 0.0991 e. The molecule has 3 aromatic heterocycles. The molecule has 4 heteroatoms. The molecule has 0 saturated carbocycles. The predicted molar refractivity (Wildman–Crippen MR) is 180 cm³/mol. The van der Waals surface area contributed by atoms with Crippen LogP contribution in [0.1, 0.15) is 42.0 Å². The maximum absolute atomic E-state index is 9.71. The van der Waals surface area contributed by atoms with Gasteiger partial charge in [0, 0.05) is 44.9 Å². The van der Waals surface area contributed by atoms with Crippen LogP contribution in [-0.4, -0.2) is 14.1 Å². The lowest BCUT2D eigenvalue weighted by molar-refractivity contribution is 0.879. The number of rotatable bonds is 3. The number of aryl methyl sites for hydroxylation is 1. The lowest BCUT2D eigenvalue weighted by atomic mass is 9.82. The van der Waals surface area contributed by atoms with E-state index in [0.29, 0.717) is 5.56 Å². The third-order valence-corrected chi connectivity index (χ3v) is 9.60. The standard InChI is InChI=1S/C40H28N4/c1-3-26-10-9-19-42-39(26)33-21-27(43-34-15-6-5-12-30(34)32-20-25(23-41)17-18-36(32)43)22-37-38(33)24(2)28-13-8-14-31-29-11-4-7-16-35(29)44(37)40(28)31/h4-22,24H,3H2,1-2H3. The summed E-state index contributed by atoms with van der Waals surface area (Å²) in [6.45, 7) is 4.55. The van der Waals surface area contributed by atoms with Gasteiger partial charge in [-0.25, -0.2) is 0 Å². The number of benzene rings is 5. The summed E-state index contributed by atoms with van der Waals surface area (Å²) in [6, 6.07) is 41.4. The minimum Gasteiger partial charge on any atom is -0.309 e. The third-order valence-electron chi connectivity index (χ3n) is 9.60. The molecule has 0 saturated heterocycles. The zero-order valence-electron chi connectivity index (χ0n) is 24.5. The number of aromatic nitrogens is 3. The number of hydrogen-bond donors (Lipinski definition) is 0. The fourth-order valence-corrected chi connectivity index (χ4v) is 7.68. The Bertz CT molecular complexity index is 2520. The van der Waals surface area contributed by atoms with Gasteiger partial charge in [0.1, 0.15) is 0 Å². The smallest absolute Gasteiger partial charge is 0.0991 e. The van der Waals surface area contributed by atoms with Crippen molar-refractivity contribution in [1.82, 2.24) is 14.1 Å². The van der Waals surface area contributed by atoms with Gasteiger partial charge in [0.15, 0.2) is 0 Å². The summed E-state index contributed by atoms with van der Waals surface area (Å²) in [4.78, 5) is 5.03. The molecule has 9 rings (SSSR count). The van der Waals surface area contributed by atoms with E-state index < -0.39 is 0 Å². The second kappa shape index (κ2) is 9.17. The monoisotopic (exact) mass is 564 g/mol. The molecule has 8 aromatic rings. The van der Waals surface area contributed by atoms with Crippen LogP contribution in [0.5, 0.6) is 0 Å². The summed E-state index contributed by atoms with van der Waals surface area (Å²) in [5, 5.41) is 14.5. The number of fused-ring (bicyclic) bond motifs is 8. The Balaban J connectivity index is 1.48. The molecule has 0 spiro atoms. The molecule has 1 aliphatic heterocycles. The molecule has 0 fully saturated rings. The van der Waals surface area contributed by atoms with Crippen LogP contribution in [-0.2, 0) is 6.42 Å². The van der Waals surface area contributed by atoms with Crippen LogP contribution < -0.4 is 0 Å². The summed E-state index contributed by atoms with van der Waals surface area (Å²) in [5.74, 6) is 0.178. The number of pyridine rings is 1. The highest BCUT2D eigenvalue weighted by atomic mass is 15.0. The van der Waals surface area contributed by atoms with Gasteiger partial charge >= 0.3 is 0 Å². The Morgan fingerprint density at radius 3 is 2.25 bits per heavy atom. The van der Waals surface area contributed by atoms with Crippen LogP contribution >= 0.6 is 0 Å². The van der Waals surface area contributed by atoms with Gasteiger partial charge in [-0.2, -0.15) is 5.26 Å². The van der Waals surface area contributed by atoms with Crippen molar-refractivity contribution in [3.63, 3.8) is 0 Å². The van der Waals surface area contributed by atoms with E-state index in [9.17, 15) is 5.26 Å². The van der Waals surface area contributed by atoms with Crippen molar-refractivity contribution in [2.24, 2.45) is 0 Å². The Kier molecular flexibility index (Phi) is 5.19. The van der Waals surface area contributed by atoms with Gasteiger partial charge in [-0.3, -0.25) is 4.98 Å². The van der Waals surface area contributed by atoms with E-state index in [1.807, 2.05) is 24.4 Å². The SMILES string of the molecule is CCc1cccnc1-c1cc(-n2c3ccccc3c3cc(C#N)ccc32)cc2c1C(C)c1cccc3c4ccccc4n-2c13. The van der Waals surface area contributed by atoms with Gasteiger partial charge in [-0.05, 0) is 71.6 Å². The molecule has 4 nitrogen and oxygen atoms in total. The van der Waals surface area contributed by atoms with Gasteiger partial charge in [0.25, 0.3) is 0 Å². The van der Waals surface area contributed by atoms with E-state index in [1.165, 1.54) is 49.7 Å². The summed E-state index contributed by atoms with van der Waals surface area (Å²) in [6.07, 6.45) is 2.82. The highest BCUT2D eigenvalue weighted by Gasteiger charge is 2.31. The van der Waals surface area contributed by atoms with E-state index in [1.54, 1.807) is 0 Å². The van der Waals surface area contributed by atoms with Gasteiger partial charge in [-0.1, -0.05) is 74.5 Å². The second-order valence-corrected chi connectivity index (χ2v) is 11.8. The molecular weight excluding hydrogens is 536 g/mol. The summed E-state index contributed by atoms with van der Waals surface area (Å²) < 4.78 is 4.84. The van der Waals surface area contributed by atoms with Crippen molar-refractivity contribution in [1.29, 1.82) is 5.26 Å². The van der Waals surface area contributed by atoms with Gasteiger partial charge in [-0.15, -0.1) is 0 Å². The maximum atomic E-state index is 9.71. The molecule has 1 atom stereocenters. The Morgan fingerprint density at radius 2 is 1.45 bits per heavy atom. The fourth-order valence-electron chi connectivity index (χ4n) is 7.68. The first-order chi connectivity index (χ1) is 21.7. The normalized spacial score (nSPS) is 14.0. The van der Waals surface area contributed by atoms with E-state index in [2.05, 4.69) is 120 Å². The Labute approximate surface area is 255 Å². The van der Waals surface area contributed by atoms with Crippen molar-refractivity contribution in [3.8, 4) is 28.7 Å². The van der Waals surface area contributed by atoms with Crippen LogP contribution in [0.15, 0.2) is 115 Å². The van der Waals surface area contributed by atoms with Crippen LogP contribution in [0.3, 0.4) is 0 Å². The molecule has 0 amide bonds. The molecule has 0 bridgehead atoms. The van der Waals surface area contributed by atoms with Crippen molar-refractivity contribution in [3.05, 3.63) is 138 Å². The molecule has 44 heavy (non-hydrogen) atoms. The van der Waals surface area contributed by atoms with E-state index in [0.717, 1.165) is 39.6 Å². The second-order valence-electron chi connectivity index (χ2n) is 11.8. The molecule has 208 valence electrons. The molecule has 1 aliphatic rings. The Morgan fingerprint density at radius 1 is 0.727 bits per heavy atom. The van der Waals surface area contributed by atoms with Crippen LogP contribution in [0.4, 0.5) is 0 Å². The lowest BCUT2D eigenvalue weighted by Crippen LogP contribution is -2.14. The van der Waals surface area contributed by atoms with E-state index >= 15 is 0 Å². The molecule has 4 heterocycles. The molecule has 0 N–H and O–H groups in total. The van der Waals surface area contributed by atoms with Gasteiger partial charge in [0.2, 0.25) is 0 Å². The quantitative estimate of drug-likeness (QED) is 0.214. The first kappa shape index (κ1) is 24.9. The lowest BCUT2D eigenvalue weighted by Gasteiger charge is -2.30.